The molecule has 1 saturated heterocycles. The lowest BCUT2D eigenvalue weighted by molar-refractivity contribution is -0.385. The lowest BCUT2D eigenvalue weighted by Crippen LogP contribution is -2.47. The van der Waals surface area contributed by atoms with Crippen LogP contribution < -0.4 is 4.74 Å². The number of hydrogen-bond donors (Lipinski definition) is 0. The van der Waals surface area contributed by atoms with E-state index in [-0.39, 0.29) is 35.7 Å². The van der Waals surface area contributed by atoms with E-state index in [4.69, 9.17) is 24.5 Å². The molecule has 2 saturated carbocycles. The first-order valence-electron chi connectivity index (χ1n) is 16.7. The molecular weight excluding hydrogens is 588 g/mol. The molecule has 0 spiro atoms. The normalized spacial score (nSPS) is 29.9. The lowest BCUT2D eigenvalue weighted by atomic mass is 9.55. The maximum absolute atomic E-state index is 11.9. The van der Waals surface area contributed by atoms with Gasteiger partial charge in [0.15, 0.2) is 6.29 Å². The number of carbonyl (C=O) groups excluding carboxylic acids is 1. The number of nitrogens with zero attached hydrogens (tertiary/aromatic N) is 4. The molecule has 3 aliphatic carbocycles. The minimum absolute atomic E-state index is 0.0240. The zero-order chi connectivity index (χ0) is 32.3. The van der Waals surface area contributed by atoms with E-state index < -0.39 is 10.9 Å². The zero-order valence-corrected chi connectivity index (χ0v) is 26.8. The maximum atomic E-state index is 11.9. The van der Waals surface area contributed by atoms with Crippen molar-refractivity contribution in [2.24, 2.45) is 28.3 Å². The molecule has 1 heterocycles. The highest BCUT2D eigenvalue weighted by molar-refractivity contribution is 5.90. The summed E-state index contributed by atoms with van der Waals surface area (Å²) in [6.45, 7) is 3.77. The molecule has 7 atom stereocenters. The molecule has 46 heavy (non-hydrogen) atoms. The van der Waals surface area contributed by atoms with Crippen molar-refractivity contribution in [3.63, 3.8) is 0 Å². The number of nitro benzene ring substituents is 1. The fourth-order valence-electron chi connectivity index (χ4n) is 9.03. The molecular formula is C35H44N4O7. The Balaban J connectivity index is 1.17. The monoisotopic (exact) mass is 632 g/mol. The molecule has 1 aliphatic heterocycles. The molecule has 11 heteroatoms. The fourth-order valence-corrected chi connectivity index (χ4v) is 9.03. The molecule has 0 N–H and O–H groups in total. The van der Waals surface area contributed by atoms with Gasteiger partial charge in [-0.05, 0) is 134 Å². The summed E-state index contributed by atoms with van der Waals surface area (Å²) in [5, 5.41) is 15.5. The second-order valence-corrected chi connectivity index (χ2v) is 13.6. The van der Waals surface area contributed by atoms with E-state index in [1.54, 1.807) is 6.07 Å². The number of esters is 1. The zero-order valence-electron chi connectivity index (χ0n) is 26.8. The molecule has 3 fully saturated rings. The van der Waals surface area contributed by atoms with Crippen LogP contribution >= 0.6 is 0 Å². The molecule has 0 radical (unpaired) electrons. The summed E-state index contributed by atoms with van der Waals surface area (Å²) < 4.78 is 23.7. The van der Waals surface area contributed by atoms with E-state index in [1.165, 1.54) is 30.4 Å². The number of azide groups is 1. The van der Waals surface area contributed by atoms with E-state index in [1.807, 2.05) is 6.07 Å². The summed E-state index contributed by atoms with van der Waals surface area (Å²) in [6.07, 6.45) is 10.5. The molecule has 6 rings (SSSR count). The summed E-state index contributed by atoms with van der Waals surface area (Å²) in [4.78, 5) is 26.0. The van der Waals surface area contributed by atoms with Gasteiger partial charge in [0.2, 0.25) is 0 Å². The number of hydrogen-bond acceptors (Lipinski definition) is 8. The molecule has 4 aliphatic rings. The van der Waals surface area contributed by atoms with Crippen LogP contribution in [0, 0.1) is 33.3 Å². The average molecular weight is 633 g/mol. The van der Waals surface area contributed by atoms with Gasteiger partial charge in [-0.2, -0.15) is 0 Å². The lowest BCUT2D eigenvalue weighted by Gasteiger charge is -2.51. The molecule has 1 unspecified atom stereocenters. The Morgan fingerprint density at radius 1 is 1.20 bits per heavy atom. The molecule has 246 valence electrons. The van der Waals surface area contributed by atoms with Crippen LogP contribution in [0.25, 0.3) is 10.4 Å². The van der Waals surface area contributed by atoms with Gasteiger partial charge in [0.1, 0.15) is 12.4 Å². The predicted octanol–water partition coefficient (Wildman–Crippen LogP) is 8.04. The molecule has 2 aromatic rings. The first-order valence-corrected chi connectivity index (χ1v) is 16.7. The Hall–Kier alpha value is -3.66. The van der Waals surface area contributed by atoms with Gasteiger partial charge in [-0.1, -0.05) is 18.1 Å². The van der Waals surface area contributed by atoms with Crippen LogP contribution in [0.1, 0.15) is 97.7 Å². The topological polar surface area (TPSA) is 146 Å². The van der Waals surface area contributed by atoms with Gasteiger partial charge in [-0.15, -0.1) is 0 Å². The smallest absolute Gasteiger partial charge is 0.338 e. The number of fused-ring (bicyclic) bond motifs is 5. The number of benzene rings is 2. The predicted molar refractivity (Wildman–Crippen MR) is 170 cm³/mol. The van der Waals surface area contributed by atoms with E-state index >= 15 is 0 Å². The average Bonchev–Trinajstić information content (AvgIpc) is 3.36. The van der Waals surface area contributed by atoms with Crippen LogP contribution in [0.2, 0.25) is 0 Å². The van der Waals surface area contributed by atoms with Gasteiger partial charge < -0.3 is 18.9 Å². The number of carbonyl (C=O) groups is 1. The first-order chi connectivity index (χ1) is 22.3. The summed E-state index contributed by atoms with van der Waals surface area (Å²) in [5.41, 5.74) is 11.9. The summed E-state index contributed by atoms with van der Waals surface area (Å²) in [7, 11) is 1.25. The number of aryl methyl sites for hydroxylation is 1. The van der Waals surface area contributed by atoms with Gasteiger partial charge in [-0.3, -0.25) is 10.1 Å². The van der Waals surface area contributed by atoms with Crippen molar-refractivity contribution in [2.75, 3.05) is 20.3 Å². The van der Waals surface area contributed by atoms with Gasteiger partial charge in [-0.25, -0.2) is 4.79 Å². The van der Waals surface area contributed by atoms with E-state index in [0.29, 0.717) is 41.5 Å². The van der Waals surface area contributed by atoms with Crippen molar-refractivity contribution in [1.29, 1.82) is 0 Å². The Morgan fingerprint density at radius 2 is 2.07 bits per heavy atom. The second kappa shape index (κ2) is 14.0. The Morgan fingerprint density at radius 3 is 2.83 bits per heavy atom. The standard InChI is InChI=1S/C35H44N4O7/c1-35-15-14-28-27-13-11-26(45-21-25-9-8-24(34(40)43-2)20-31(25)39(41)42)18-22(27)10-12-29(28)30(35)19-23(6-5-16-37-38-36)33(35)46-32-7-3-4-17-44-32/h8-9,11,13,18,20,23,28-30,32-33H,3-7,10,12,14-17,19,21H2,1-2H3/t23-,28+,29+,30-,32?,33-,35-/m0/s1. The SMILES string of the molecule is COC(=O)c1ccc(COc2ccc3c(c2)CC[C@@H]2[C@@H]3CC[C@@]3(C)[C@H]2C[C@H](CCCN=[N+]=[N-])[C@@H]3OC2CCCCO2)c([N+](=O)[O-])c1. The Kier molecular flexibility index (Phi) is 9.82. The van der Waals surface area contributed by atoms with E-state index in [9.17, 15) is 14.9 Å². The molecule has 0 amide bonds. The third-order valence-electron chi connectivity index (χ3n) is 11.2. The van der Waals surface area contributed by atoms with Crippen molar-refractivity contribution in [2.45, 2.75) is 96.1 Å². The summed E-state index contributed by atoms with van der Waals surface area (Å²) in [5.74, 6) is 2.11. The number of nitro groups is 1. The van der Waals surface area contributed by atoms with Crippen LogP contribution in [0.3, 0.4) is 0 Å². The van der Waals surface area contributed by atoms with Gasteiger partial charge in [0.25, 0.3) is 5.69 Å². The molecule has 2 aromatic carbocycles. The molecule has 0 bridgehead atoms. The Labute approximate surface area is 269 Å². The van der Waals surface area contributed by atoms with E-state index in [2.05, 4.69) is 29.1 Å². The number of rotatable bonds is 11. The maximum Gasteiger partial charge on any atom is 0.338 e. The van der Waals surface area contributed by atoms with Crippen molar-refractivity contribution in [3.05, 3.63) is 79.2 Å². The largest absolute Gasteiger partial charge is 0.489 e. The van der Waals surface area contributed by atoms with Crippen molar-refractivity contribution in [1.82, 2.24) is 0 Å². The minimum atomic E-state index is -0.619. The highest BCUT2D eigenvalue weighted by Crippen LogP contribution is 2.64. The molecule has 0 aromatic heterocycles. The van der Waals surface area contributed by atoms with Crippen LogP contribution in [-0.2, 0) is 27.2 Å². The van der Waals surface area contributed by atoms with Gasteiger partial charge >= 0.3 is 5.97 Å². The van der Waals surface area contributed by atoms with E-state index in [0.717, 1.165) is 70.8 Å². The van der Waals surface area contributed by atoms with Crippen molar-refractivity contribution < 1.29 is 28.7 Å². The Bertz CT molecular complexity index is 1490. The quantitative estimate of drug-likeness (QED) is 0.0463. The van der Waals surface area contributed by atoms with Crippen molar-refractivity contribution in [3.8, 4) is 5.75 Å². The number of ether oxygens (including phenoxy) is 4. The van der Waals surface area contributed by atoms with Crippen LogP contribution in [-0.4, -0.2) is 43.5 Å². The molecule has 11 nitrogen and oxygen atoms in total. The second-order valence-electron chi connectivity index (χ2n) is 13.6. The fraction of sp³-hybridized carbons (Fsp3) is 0.629. The first kappa shape index (κ1) is 32.3. The summed E-state index contributed by atoms with van der Waals surface area (Å²) >= 11 is 0. The van der Waals surface area contributed by atoms with Crippen LogP contribution in [0.4, 0.5) is 5.69 Å². The third-order valence-corrected chi connectivity index (χ3v) is 11.2. The highest BCUT2D eigenvalue weighted by atomic mass is 16.7. The van der Waals surface area contributed by atoms with Gasteiger partial charge in [0, 0.05) is 24.1 Å². The summed E-state index contributed by atoms with van der Waals surface area (Å²) in [6, 6.07) is 10.6. The van der Waals surface area contributed by atoms with Crippen molar-refractivity contribution >= 4 is 11.7 Å². The number of methoxy groups -OCH3 is 1. The van der Waals surface area contributed by atoms with Crippen LogP contribution in [0.5, 0.6) is 5.75 Å². The van der Waals surface area contributed by atoms with Crippen LogP contribution in [0.15, 0.2) is 41.5 Å². The van der Waals surface area contributed by atoms with Gasteiger partial charge in [0.05, 0.1) is 29.3 Å². The highest BCUT2D eigenvalue weighted by Gasteiger charge is 2.59. The third kappa shape index (κ3) is 6.46. The minimum Gasteiger partial charge on any atom is -0.489 e.